The topological polar surface area (TPSA) is 49.3 Å². The minimum absolute atomic E-state index is 0.00225. The Hall–Kier alpha value is -3.27. The lowest BCUT2D eigenvalue weighted by atomic mass is 10.1. The second-order valence-corrected chi connectivity index (χ2v) is 7.75. The van der Waals surface area contributed by atoms with Gasteiger partial charge >= 0.3 is 6.18 Å². The van der Waals surface area contributed by atoms with Crippen molar-refractivity contribution in [1.29, 1.82) is 0 Å². The van der Waals surface area contributed by atoms with Gasteiger partial charge in [-0.2, -0.15) is 13.2 Å². The smallest absolute Gasteiger partial charge is 0.313 e. The van der Waals surface area contributed by atoms with E-state index < -0.39 is 53.0 Å². The quantitative estimate of drug-likeness (QED) is 0.365. The number of benzene rings is 1. The molecule has 0 fully saturated rings. The number of pyridine rings is 2. The van der Waals surface area contributed by atoms with Crippen LogP contribution in [0.3, 0.4) is 0 Å². The number of hydrogen-bond donors (Lipinski definition) is 0. The molecule has 0 N–H and O–H groups in total. The molecule has 3 aromatic rings. The van der Waals surface area contributed by atoms with Gasteiger partial charge < -0.3 is 9.80 Å². The normalized spacial score (nSPS) is 17.2. The lowest BCUT2D eigenvalue weighted by Gasteiger charge is -2.30. The summed E-state index contributed by atoms with van der Waals surface area (Å²) in [5, 5.41) is -0.626. The molecule has 4 rings (SSSR count). The predicted octanol–water partition coefficient (Wildman–Crippen LogP) is 5.46. The fourth-order valence-corrected chi connectivity index (χ4v) is 3.81. The van der Waals surface area contributed by atoms with Gasteiger partial charge in [0.2, 0.25) is 5.91 Å². The molecule has 1 aromatic carbocycles. The first-order valence-corrected chi connectivity index (χ1v) is 9.83. The van der Waals surface area contributed by atoms with Crippen LogP contribution in [0, 0.1) is 18.6 Å². The third-order valence-electron chi connectivity index (χ3n) is 5.11. The number of anilines is 3. The van der Waals surface area contributed by atoms with Crippen molar-refractivity contribution >= 4 is 34.7 Å². The van der Waals surface area contributed by atoms with Crippen molar-refractivity contribution in [2.75, 3.05) is 16.8 Å². The molecule has 0 saturated heterocycles. The maximum Gasteiger partial charge on any atom is 0.416 e. The summed E-state index contributed by atoms with van der Waals surface area (Å²) in [6, 6.07) is 2.56. The van der Waals surface area contributed by atoms with E-state index in [1.54, 1.807) is 0 Å². The number of fused-ring (bicyclic) bond motifs is 1. The SMILES string of the molecule is [2H]C([2H])([2H])N(C(=O)[C@H]1Cc2cnccc2N1c1cc(C(F)(F)F)cc(C)n1)c1cc(Cl)c(F)cc1F. The van der Waals surface area contributed by atoms with Gasteiger partial charge in [0.25, 0.3) is 0 Å². The summed E-state index contributed by atoms with van der Waals surface area (Å²) in [5.41, 5.74) is -1.14. The van der Waals surface area contributed by atoms with Crippen LogP contribution in [0.1, 0.15) is 20.9 Å². The average molecular weight is 486 g/mol. The summed E-state index contributed by atoms with van der Waals surface area (Å²) in [6.07, 6.45) is -2.16. The van der Waals surface area contributed by atoms with E-state index in [9.17, 15) is 26.7 Å². The molecule has 11 heteroatoms. The molecule has 1 amide bonds. The second kappa shape index (κ2) is 8.26. The Kier molecular flexibility index (Phi) is 4.81. The van der Waals surface area contributed by atoms with Gasteiger partial charge in [-0.3, -0.25) is 9.78 Å². The first kappa shape index (κ1) is 19.2. The lowest BCUT2D eigenvalue weighted by Crippen LogP contribution is -2.45. The van der Waals surface area contributed by atoms with Crippen LogP contribution in [0.2, 0.25) is 5.02 Å². The van der Waals surface area contributed by atoms with Crippen molar-refractivity contribution in [3.63, 3.8) is 0 Å². The van der Waals surface area contributed by atoms with Gasteiger partial charge in [-0.15, -0.1) is 0 Å². The fraction of sp³-hybridized carbons (Fsp3) is 0.227. The van der Waals surface area contributed by atoms with E-state index in [-0.39, 0.29) is 28.5 Å². The summed E-state index contributed by atoms with van der Waals surface area (Å²) in [5.74, 6) is -3.99. The number of carbonyl (C=O) groups excluding carboxylic acids is 1. The number of likely N-dealkylation sites (N-methyl/N-ethyl adjacent to an activating group) is 1. The number of carbonyl (C=O) groups is 1. The van der Waals surface area contributed by atoms with Crippen molar-refractivity contribution in [3.8, 4) is 0 Å². The van der Waals surface area contributed by atoms with Crippen molar-refractivity contribution in [2.24, 2.45) is 0 Å². The zero-order valence-corrected chi connectivity index (χ0v) is 17.5. The Morgan fingerprint density at radius 2 is 2.00 bits per heavy atom. The molecule has 0 spiro atoms. The first-order valence-electron chi connectivity index (χ1n) is 10.9. The Morgan fingerprint density at radius 1 is 1.24 bits per heavy atom. The van der Waals surface area contributed by atoms with Crippen LogP contribution < -0.4 is 9.80 Å². The number of aromatic nitrogens is 2. The highest BCUT2D eigenvalue weighted by molar-refractivity contribution is 6.31. The summed E-state index contributed by atoms with van der Waals surface area (Å²) >= 11 is 5.72. The molecule has 0 saturated carbocycles. The van der Waals surface area contributed by atoms with Crippen LogP contribution >= 0.6 is 11.6 Å². The van der Waals surface area contributed by atoms with E-state index >= 15 is 0 Å². The third-order valence-corrected chi connectivity index (χ3v) is 5.40. The fourth-order valence-electron chi connectivity index (χ4n) is 3.65. The monoisotopic (exact) mass is 485 g/mol. The van der Waals surface area contributed by atoms with Crippen molar-refractivity contribution < 1.29 is 30.9 Å². The molecule has 0 radical (unpaired) electrons. The predicted molar refractivity (Wildman–Crippen MR) is 113 cm³/mol. The van der Waals surface area contributed by atoms with Gasteiger partial charge in [0.1, 0.15) is 23.5 Å². The van der Waals surface area contributed by atoms with Gasteiger partial charge in [-0.1, -0.05) is 11.6 Å². The molecule has 1 aliphatic rings. The highest BCUT2D eigenvalue weighted by Gasteiger charge is 2.40. The summed E-state index contributed by atoms with van der Waals surface area (Å²) in [4.78, 5) is 23.1. The number of rotatable bonds is 3. The zero-order chi connectivity index (χ0) is 26.6. The molecule has 5 nitrogen and oxygen atoms in total. The number of nitrogens with zero attached hydrogens (tertiary/aromatic N) is 4. The second-order valence-electron chi connectivity index (χ2n) is 7.34. The van der Waals surface area contributed by atoms with E-state index in [0.29, 0.717) is 17.7 Å². The van der Waals surface area contributed by atoms with Gasteiger partial charge in [-0.25, -0.2) is 13.8 Å². The molecular weight excluding hydrogens is 467 g/mol. The molecule has 0 aliphatic carbocycles. The lowest BCUT2D eigenvalue weighted by molar-refractivity contribution is -0.137. The van der Waals surface area contributed by atoms with Crippen molar-refractivity contribution in [2.45, 2.75) is 25.6 Å². The largest absolute Gasteiger partial charge is 0.416 e. The van der Waals surface area contributed by atoms with Crippen LogP contribution in [0.15, 0.2) is 42.7 Å². The van der Waals surface area contributed by atoms with Crippen LogP contribution in [-0.4, -0.2) is 28.9 Å². The van der Waals surface area contributed by atoms with Crippen molar-refractivity contribution in [3.05, 3.63) is 76.2 Å². The van der Waals surface area contributed by atoms with Crippen LogP contribution in [-0.2, 0) is 17.4 Å². The molecule has 0 unspecified atom stereocenters. The average Bonchev–Trinajstić information content (AvgIpc) is 3.15. The minimum Gasteiger partial charge on any atom is -0.313 e. The van der Waals surface area contributed by atoms with Crippen LogP contribution in [0.4, 0.5) is 39.1 Å². The van der Waals surface area contributed by atoms with E-state index in [4.69, 9.17) is 15.7 Å². The minimum atomic E-state index is -4.72. The third kappa shape index (κ3) is 4.22. The Morgan fingerprint density at radius 3 is 2.70 bits per heavy atom. The van der Waals surface area contributed by atoms with E-state index in [1.807, 2.05) is 0 Å². The molecule has 33 heavy (non-hydrogen) atoms. The van der Waals surface area contributed by atoms with Crippen molar-refractivity contribution in [1.82, 2.24) is 9.97 Å². The Balaban J connectivity index is 1.88. The zero-order valence-electron chi connectivity index (χ0n) is 19.8. The highest BCUT2D eigenvalue weighted by Crippen LogP contribution is 2.40. The molecule has 1 aliphatic heterocycles. The van der Waals surface area contributed by atoms with Crippen LogP contribution in [0.5, 0.6) is 0 Å². The van der Waals surface area contributed by atoms with Gasteiger partial charge in [0, 0.05) is 47.4 Å². The Labute approximate surface area is 194 Å². The maximum atomic E-state index is 14.7. The molecule has 172 valence electrons. The number of alkyl halides is 3. The van der Waals surface area contributed by atoms with Crippen LogP contribution in [0.25, 0.3) is 0 Å². The van der Waals surface area contributed by atoms with E-state index in [0.717, 1.165) is 17.0 Å². The molecule has 2 aromatic heterocycles. The molecule has 0 bridgehead atoms. The molecule has 3 heterocycles. The Bertz CT molecular complexity index is 1350. The highest BCUT2D eigenvalue weighted by atomic mass is 35.5. The maximum absolute atomic E-state index is 14.7. The standard InChI is InChI=1S/C22H16ClF5N4O/c1-11-5-13(22(26,27)28)7-20(30-11)32-17-3-4-29-10-12(17)6-19(32)21(33)31(2)18-8-14(23)15(24)9-16(18)25/h3-5,7-10,19H,6H2,1-2H3/t19-/m1/s1/i2D3. The number of amides is 1. The van der Waals surface area contributed by atoms with Gasteiger partial charge in [0.05, 0.1) is 16.3 Å². The van der Waals surface area contributed by atoms with Gasteiger partial charge in [0.15, 0.2) is 0 Å². The molecule has 1 atom stereocenters. The first-order chi connectivity index (χ1) is 16.7. The summed E-state index contributed by atoms with van der Waals surface area (Å²) in [7, 11) is 0. The van der Waals surface area contributed by atoms with Gasteiger partial charge in [-0.05, 0) is 36.8 Å². The van der Waals surface area contributed by atoms with E-state index in [1.165, 1.54) is 25.4 Å². The summed E-state index contributed by atoms with van der Waals surface area (Å²) < 4.78 is 92.5. The number of halogens is 6. The van der Waals surface area contributed by atoms with E-state index in [2.05, 4.69) is 9.97 Å². The number of aryl methyl sites for hydroxylation is 1. The summed E-state index contributed by atoms with van der Waals surface area (Å²) in [6.45, 7) is -1.92. The number of hydrogen-bond acceptors (Lipinski definition) is 4. The molecular formula is C22H16ClF5N4O.